The van der Waals surface area contributed by atoms with Crippen LogP contribution in [0, 0.1) is 12.3 Å². The molecular formula is C13H13Br. The lowest BCUT2D eigenvalue weighted by Gasteiger charge is -2.11. The standard InChI is InChI=1S/C13H13Br/c1-2-10-7-8-12(13(14)9-10)11-5-3-4-6-11/h1,7-9,11H,3-6H2. The molecule has 0 aliphatic heterocycles. The highest BCUT2D eigenvalue weighted by molar-refractivity contribution is 9.10. The van der Waals surface area contributed by atoms with Crippen molar-refractivity contribution in [2.24, 2.45) is 0 Å². The van der Waals surface area contributed by atoms with Gasteiger partial charge in [-0.05, 0) is 36.5 Å². The maximum absolute atomic E-state index is 5.35. The molecule has 1 aliphatic rings. The van der Waals surface area contributed by atoms with Gasteiger partial charge in [-0.2, -0.15) is 0 Å². The fourth-order valence-electron chi connectivity index (χ4n) is 2.18. The molecule has 0 N–H and O–H groups in total. The smallest absolute Gasteiger partial charge is 0.0254 e. The van der Waals surface area contributed by atoms with Gasteiger partial charge in [0.2, 0.25) is 0 Å². The van der Waals surface area contributed by atoms with Crippen LogP contribution in [0.4, 0.5) is 0 Å². The Morgan fingerprint density at radius 1 is 1.29 bits per heavy atom. The van der Waals surface area contributed by atoms with Gasteiger partial charge < -0.3 is 0 Å². The molecule has 0 saturated heterocycles. The quantitative estimate of drug-likeness (QED) is 0.657. The van der Waals surface area contributed by atoms with Crippen LogP contribution in [0.15, 0.2) is 22.7 Å². The molecule has 0 amide bonds. The van der Waals surface area contributed by atoms with Gasteiger partial charge in [-0.3, -0.25) is 0 Å². The number of hydrogen-bond acceptors (Lipinski definition) is 0. The number of rotatable bonds is 1. The summed E-state index contributed by atoms with van der Waals surface area (Å²) in [5.74, 6) is 3.40. The van der Waals surface area contributed by atoms with E-state index in [-0.39, 0.29) is 0 Å². The largest absolute Gasteiger partial charge is 0.115 e. The Kier molecular flexibility index (Phi) is 2.93. The molecule has 1 aromatic rings. The van der Waals surface area contributed by atoms with E-state index in [9.17, 15) is 0 Å². The number of terminal acetylenes is 1. The van der Waals surface area contributed by atoms with E-state index in [1.807, 2.05) is 12.1 Å². The van der Waals surface area contributed by atoms with Gasteiger partial charge in [-0.1, -0.05) is 40.8 Å². The Bertz CT molecular complexity index is 367. The Labute approximate surface area is 93.8 Å². The Hall–Kier alpha value is -0.740. The predicted octanol–water partition coefficient (Wildman–Crippen LogP) is 4.09. The van der Waals surface area contributed by atoms with Crippen LogP contribution >= 0.6 is 15.9 Å². The second kappa shape index (κ2) is 4.19. The summed E-state index contributed by atoms with van der Waals surface area (Å²) in [4.78, 5) is 0. The normalized spacial score (nSPS) is 16.9. The first-order valence-electron chi connectivity index (χ1n) is 5.07. The van der Waals surface area contributed by atoms with E-state index in [4.69, 9.17) is 6.42 Å². The van der Waals surface area contributed by atoms with E-state index < -0.39 is 0 Å². The molecule has 72 valence electrons. The molecule has 1 aliphatic carbocycles. The van der Waals surface area contributed by atoms with E-state index in [0.29, 0.717) is 0 Å². The van der Waals surface area contributed by atoms with Crippen LogP contribution in [0.25, 0.3) is 0 Å². The van der Waals surface area contributed by atoms with Crippen LogP contribution in [0.5, 0.6) is 0 Å². The Morgan fingerprint density at radius 2 is 2.00 bits per heavy atom. The van der Waals surface area contributed by atoms with Crippen molar-refractivity contribution in [2.75, 3.05) is 0 Å². The number of halogens is 1. The SMILES string of the molecule is C#Cc1ccc(C2CCCC2)c(Br)c1. The van der Waals surface area contributed by atoms with E-state index in [2.05, 4.69) is 27.9 Å². The van der Waals surface area contributed by atoms with E-state index in [0.717, 1.165) is 11.5 Å². The van der Waals surface area contributed by atoms with Crippen molar-refractivity contribution < 1.29 is 0 Å². The number of benzene rings is 1. The molecular weight excluding hydrogens is 236 g/mol. The van der Waals surface area contributed by atoms with Crippen LogP contribution in [-0.2, 0) is 0 Å². The predicted molar refractivity (Wildman–Crippen MR) is 63.3 cm³/mol. The van der Waals surface area contributed by atoms with Crippen molar-refractivity contribution in [1.29, 1.82) is 0 Å². The third kappa shape index (κ3) is 1.86. The molecule has 0 unspecified atom stereocenters. The van der Waals surface area contributed by atoms with Crippen LogP contribution in [-0.4, -0.2) is 0 Å². The first-order valence-corrected chi connectivity index (χ1v) is 5.86. The minimum Gasteiger partial charge on any atom is -0.115 e. The van der Waals surface area contributed by atoms with E-state index in [1.54, 1.807) is 0 Å². The highest BCUT2D eigenvalue weighted by Gasteiger charge is 2.18. The summed E-state index contributed by atoms with van der Waals surface area (Å²) in [5, 5.41) is 0. The summed E-state index contributed by atoms with van der Waals surface area (Å²) in [7, 11) is 0. The van der Waals surface area contributed by atoms with Crippen molar-refractivity contribution in [3.05, 3.63) is 33.8 Å². The van der Waals surface area contributed by atoms with Gasteiger partial charge in [0.05, 0.1) is 0 Å². The van der Waals surface area contributed by atoms with Crippen LogP contribution in [0.2, 0.25) is 0 Å². The maximum Gasteiger partial charge on any atom is 0.0254 e. The minimum atomic E-state index is 0.746. The third-order valence-corrected chi connectivity index (χ3v) is 3.65. The van der Waals surface area contributed by atoms with Crippen molar-refractivity contribution in [3.63, 3.8) is 0 Å². The summed E-state index contributed by atoms with van der Waals surface area (Å²) in [6, 6.07) is 6.27. The molecule has 1 heteroatoms. The summed E-state index contributed by atoms with van der Waals surface area (Å²) < 4.78 is 1.18. The van der Waals surface area contributed by atoms with Gasteiger partial charge in [0.25, 0.3) is 0 Å². The fraction of sp³-hybridized carbons (Fsp3) is 0.385. The molecule has 0 heterocycles. The van der Waals surface area contributed by atoms with Gasteiger partial charge >= 0.3 is 0 Å². The highest BCUT2D eigenvalue weighted by Crippen LogP contribution is 2.37. The molecule has 1 aromatic carbocycles. The molecule has 1 saturated carbocycles. The monoisotopic (exact) mass is 248 g/mol. The lowest BCUT2D eigenvalue weighted by atomic mass is 9.97. The molecule has 0 atom stereocenters. The summed E-state index contributed by atoms with van der Waals surface area (Å²) in [6.07, 6.45) is 10.7. The summed E-state index contributed by atoms with van der Waals surface area (Å²) in [6.45, 7) is 0. The average molecular weight is 249 g/mol. The summed E-state index contributed by atoms with van der Waals surface area (Å²) in [5.41, 5.74) is 2.39. The number of hydrogen-bond donors (Lipinski definition) is 0. The fourth-order valence-corrected chi connectivity index (χ4v) is 2.89. The van der Waals surface area contributed by atoms with Gasteiger partial charge in [0.15, 0.2) is 0 Å². The third-order valence-electron chi connectivity index (χ3n) is 2.96. The highest BCUT2D eigenvalue weighted by atomic mass is 79.9. The van der Waals surface area contributed by atoms with Crippen LogP contribution in [0.1, 0.15) is 42.7 Å². The molecule has 14 heavy (non-hydrogen) atoms. The van der Waals surface area contributed by atoms with Crippen molar-refractivity contribution in [2.45, 2.75) is 31.6 Å². The first-order chi connectivity index (χ1) is 6.81. The molecule has 0 aromatic heterocycles. The zero-order valence-electron chi connectivity index (χ0n) is 8.09. The van der Waals surface area contributed by atoms with Gasteiger partial charge in [0.1, 0.15) is 0 Å². The Balaban J connectivity index is 2.30. The summed E-state index contributed by atoms with van der Waals surface area (Å²) >= 11 is 3.60. The molecule has 0 bridgehead atoms. The van der Waals surface area contributed by atoms with Gasteiger partial charge in [-0.15, -0.1) is 6.42 Å². The van der Waals surface area contributed by atoms with Crippen LogP contribution < -0.4 is 0 Å². The molecule has 1 fully saturated rings. The van der Waals surface area contributed by atoms with Gasteiger partial charge in [0, 0.05) is 10.0 Å². The minimum absolute atomic E-state index is 0.746. The van der Waals surface area contributed by atoms with E-state index >= 15 is 0 Å². The van der Waals surface area contributed by atoms with Crippen molar-refractivity contribution >= 4 is 15.9 Å². The zero-order valence-corrected chi connectivity index (χ0v) is 9.68. The molecule has 0 nitrogen and oxygen atoms in total. The van der Waals surface area contributed by atoms with Crippen LogP contribution in [0.3, 0.4) is 0 Å². The van der Waals surface area contributed by atoms with Gasteiger partial charge in [-0.25, -0.2) is 0 Å². The second-order valence-corrected chi connectivity index (χ2v) is 4.72. The lowest BCUT2D eigenvalue weighted by Crippen LogP contribution is -1.93. The first kappa shape index (κ1) is 9.80. The Morgan fingerprint density at radius 3 is 2.57 bits per heavy atom. The van der Waals surface area contributed by atoms with E-state index in [1.165, 1.54) is 35.7 Å². The van der Waals surface area contributed by atoms with Crippen molar-refractivity contribution in [3.8, 4) is 12.3 Å². The molecule has 2 rings (SSSR count). The lowest BCUT2D eigenvalue weighted by molar-refractivity contribution is 0.719. The second-order valence-electron chi connectivity index (χ2n) is 3.86. The maximum atomic E-state index is 5.35. The van der Waals surface area contributed by atoms with Crippen molar-refractivity contribution in [1.82, 2.24) is 0 Å². The topological polar surface area (TPSA) is 0 Å². The molecule has 0 radical (unpaired) electrons. The molecule has 0 spiro atoms. The zero-order chi connectivity index (χ0) is 9.97. The average Bonchev–Trinajstić information content (AvgIpc) is 2.70.